The van der Waals surface area contributed by atoms with Gasteiger partial charge in [-0.15, -0.1) is 0 Å². The van der Waals surface area contributed by atoms with Gasteiger partial charge in [0.05, 0.1) is 25.0 Å². The van der Waals surface area contributed by atoms with E-state index in [4.69, 9.17) is 9.47 Å². The molecule has 0 aromatic rings. The van der Waals surface area contributed by atoms with Crippen molar-refractivity contribution in [1.29, 1.82) is 0 Å². The monoisotopic (exact) mass is 394 g/mol. The minimum atomic E-state index is -0.488. The quantitative estimate of drug-likeness (QED) is 0.203. The Labute approximate surface area is 172 Å². The van der Waals surface area contributed by atoms with Crippen LogP contribution in [0.25, 0.3) is 0 Å². The topological polar surface area (TPSA) is 52.6 Å². The molecule has 0 bridgehead atoms. The van der Waals surface area contributed by atoms with Crippen LogP contribution in [0.15, 0.2) is 12.2 Å². The molecule has 0 heterocycles. The Morgan fingerprint density at radius 1 is 0.821 bits per heavy atom. The van der Waals surface area contributed by atoms with E-state index in [9.17, 15) is 9.59 Å². The van der Waals surface area contributed by atoms with Crippen LogP contribution in [0.3, 0.4) is 0 Å². The van der Waals surface area contributed by atoms with E-state index in [0.29, 0.717) is 19.6 Å². The van der Waals surface area contributed by atoms with Crippen LogP contribution in [0, 0.1) is 23.7 Å². The van der Waals surface area contributed by atoms with Crippen molar-refractivity contribution in [3.8, 4) is 0 Å². The third-order valence-corrected chi connectivity index (χ3v) is 5.34. The van der Waals surface area contributed by atoms with Crippen molar-refractivity contribution in [3.63, 3.8) is 0 Å². The summed E-state index contributed by atoms with van der Waals surface area (Å²) in [6, 6.07) is 0. The van der Waals surface area contributed by atoms with E-state index >= 15 is 0 Å². The molecule has 2 atom stereocenters. The summed E-state index contributed by atoms with van der Waals surface area (Å²) in [6.45, 7) is 9.79. The highest BCUT2D eigenvalue weighted by molar-refractivity contribution is 5.83. The molecule has 162 valence electrons. The van der Waals surface area contributed by atoms with E-state index in [0.717, 1.165) is 43.9 Å². The van der Waals surface area contributed by atoms with Gasteiger partial charge >= 0.3 is 11.9 Å². The van der Waals surface area contributed by atoms with Crippen LogP contribution in [-0.4, -0.2) is 25.2 Å². The minimum absolute atomic E-state index is 0.243. The van der Waals surface area contributed by atoms with Gasteiger partial charge in [-0.3, -0.25) is 9.59 Å². The first-order chi connectivity index (χ1) is 13.4. The van der Waals surface area contributed by atoms with Crippen molar-refractivity contribution in [1.82, 2.24) is 0 Å². The molecule has 0 saturated heterocycles. The van der Waals surface area contributed by atoms with Gasteiger partial charge in [0.25, 0.3) is 0 Å². The number of hydrogen-bond acceptors (Lipinski definition) is 4. The van der Waals surface area contributed by atoms with Gasteiger partial charge in [-0.2, -0.15) is 0 Å². The molecule has 0 fully saturated rings. The zero-order valence-electron chi connectivity index (χ0n) is 18.6. The Bertz CT molecular complexity index is 467. The van der Waals surface area contributed by atoms with Crippen LogP contribution in [0.4, 0.5) is 0 Å². The lowest BCUT2D eigenvalue weighted by Gasteiger charge is -2.24. The summed E-state index contributed by atoms with van der Waals surface area (Å²) in [7, 11) is 0. The molecular weight excluding hydrogens is 352 g/mol. The van der Waals surface area contributed by atoms with Crippen molar-refractivity contribution in [2.45, 2.75) is 91.9 Å². The Hall–Kier alpha value is -1.32. The average Bonchev–Trinajstić information content (AvgIpc) is 2.66. The first-order valence-corrected chi connectivity index (χ1v) is 11.4. The van der Waals surface area contributed by atoms with Gasteiger partial charge in [-0.25, -0.2) is 0 Å². The van der Waals surface area contributed by atoms with E-state index in [1.807, 2.05) is 12.2 Å². The Balaban J connectivity index is 2.29. The molecule has 0 aliphatic heterocycles. The summed E-state index contributed by atoms with van der Waals surface area (Å²) in [5.41, 5.74) is 0. The fourth-order valence-corrected chi connectivity index (χ4v) is 3.55. The third-order valence-electron chi connectivity index (χ3n) is 5.34. The van der Waals surface area contributed by atoms with E-state index in [2.05, 4.69) is 27.7 Å². The smallest absolute Gasteiger partial charge is 0.313 e. The molecule has 0 spiro atoms. The SMILES string of the molecule is CC(C)CCCCCOC(=O)C1C=CCCC1C(=O)OCCCCCC(C)C. The van der Waals surface area contributed by atoms with Crippen LogP contribution < -0.4 is 0 Å². The predicted molar refractivity (Wildman–Crippen MR) is 114 cm³/mol. The maximum atomic E-state index is 12.5. The molecule has 0 radical (unpaired) electrons. The fraction of sp³-hybridized carbons (Fsp3) is 0.833. The van der Waals surface area contributed by atoms with Crippen molar-refractivity contribution in [3.05, 3.63) is 12.2 Å². The molecule has 1 aliphatic carbocycles. The number of unbranched alkanes of at least 4 members (excludes halogenated alkanes) is 4. The molecule has 1 rings (SSSR count). The molecule has 0 aromatic heterocycles. The number of allylic oxidation sites excluding steroid dienone is 1. The fourth-order valence-electron chi connectivity index (χ4n) is 3.55. The molecule has 0 amide bonds. The lowest BCUT2D eigenvalue weighted by atomic mass is 9.84. The molecular formula is C24H42O4. The number of esters is 2. The molecule has 0 aromatic carbocycles. The predicted octanol–water partition coefficient (Wildman–Crippen LogP) is 6.09. The second-order valence-corrected chi connectivity index (χ2v) is 8.96. The van der Waals surface area contributed by atoms with Gasteiger partial charge in [0.2, 0.25) is 0 Å². The van der Waals surface area contributed by atoms with Crippen LogP contribution >= 0.6 is 0 Å². The second-order valence-electron chi connectivity index (χ2n) is 8.96. The van der Waals surface area contributed by atoms with Gasteiger partial charge in [-0.1, -0.05) is 78.4 Å². The second kappa shape index (κ2) is 14.6. The van der Waals surface area contributed by atoms with Crippen LogP contribution in [-0.2, 0) is 19.1 Å². The average molecular weight is 395 g/mol. The van der Waals surface area contributed by atoms with E-state index < -0.39 is 11.8 Å². The van der Waals surface area contributed by atoms with Gasteiger partial charge in [-0.05, 0) is 37.5 Å². The van der Waals surface area contributed by atoms with Crippen molar-refractivity contribution >= 4 is 11.9 Å². The van der Waals surface area contributed by atoms with Crippen LogP contribution in [0.2, 0.25) is 0 Å². The number of hydrogen-bond donors (Lipinski definition) is 0. The molecule has 0 N–H and O–H groups in total. The highest BCUT2D eigenvalue weighted by Crippen LogP contribution is 2.27. The van der Waals surface area contributed by atoms with Crippen molar-refractivity contribution < 1.29 is 19.1 Å². The number of carbonyl (C=O) groups excluding carboxylic acids is 2. The summed E-state index contributed by atoms with van der Waals surface area (Å²) in [5.74, 6) is 0.0354. The summed E-state index contributed by atoms with van der Waals surface area (Å²) in [4.78, 5) is 24.9. The summed E-state index contributed by atoms with van der Waals surface area (Å²) in [6.07, 6.45) is 14.0. The van der Waals surface area contributed by atoms with Crippen molar-refractivity contribution in [2.24, 2.45) is 23.7 Å². The molecule has 0 saturated carbocycles. The normalized spacial score (nSPS) is 19.2. The van der Waals surface area contributed by atoms with Gasteiger partial charge < -0.3 is 9.47 Å². The van der Waals surface area contributed by atoms with Gasteiger partial charge in [0.1, 0.15) is 0 Å². The zero-order chi connectivity index (χ0) is 20.8. The molecule has 28 heavy (non-hydrogen) atoms. The summed E-state index contributed by atoms with van der Waals surface area (Å²) >= 11 is 0. The highest BCUT2D eigenvalue weighted by atomic mass is 16.5. The maximum absolute atomic E-state index is 12.5. The van der Waals surface area contributed by atoms with Crippen LogP contribution in [0.5, 0.6) is 0 Å². The largest absolute Gasteiger partial charge is 0.465 e. The lowest BCUT2D eigenvalue weighted by molar-refractivity contribution is -0.159. The number of rotatable bonds is 14. The van der Waals surface area contributed by atoms with E-state index in [1.165, 1.54) is 25.7 Å². The molecule has 4 heteroatoms. The summed E-state index contributed by atoms with van der Waals surface area (Å²) in [5, 5.41) is 0. The Morgan fingerprint density at radius 3 is 1.89 bits per heavy atom. The number of carbonyl (C=O) groups is 2. The summed E-state index contributed by atoms with van der Waals surface area (Å²) < 4.78 is 10.9. The number of ether oxygens (including phenoxy) is 2. The molecule has 4 nitrogen and oxygen atoms in total. The highest BCUT2D eigenvalue weighted by Gasteiger charge is 2.35. The van der Waals surface area contributed by atoms with Gasteiger partial charge in [0.15, 0.2) is 0 Å². The van der Waals surface area contributed by atoms with Crippen LogP contribution in [0.1, 0.15) is 91.9 Å². The Kier molecular flexibility index (Phi) is 12.9. The Morgan fingerprint density at radius 2 is 1.36 bits per heavy atom. The van der Waals surface area contributed by atoms with Gasteiger partial charge in [0, 0.05) is 0 Å². The first kappa shape index (κ1) is 24.7. The third kappa shape index (κ3) is 10.9. The lowest BCUT2D eigenvalue weighted by Crippen LogP contribution is -2.33. The standard InChI is InChI=1S/C24H42O4/c1-19(2)13-7-5-11-17-27-23(25)21-15-9-10-16-22(21)24(26)28-18-12-6-8-14-20(3)4/h9,15,19-22H,5-8,10-14,16-18H2,1-4H3. The van der Waals surface area contributed by atoms with Crippen molar-refractivity contribution in [2.75, 3.05) is 13.2 Å². The zero-order valence-corrected chi connectivity index (χ0v) is 18.6. The first-order valence-electron chi connectivity index (χ1n) is 11.4. The maximum Gasteiger partial charge on any atom is 0.313 e. The van der Waals surface area contributed by atoms with E-state index in [1.54, 1.807) is 0 Å². The molecule has 2 unspecified atom stereocenters. The van der Waals surface area contributed by atoms with E-state index in [-0.39, 0.29) is 11.9 Å². The minimum Gasteiger partial charge on any atom is -0.465 e. The molecule has 1 aliphatic rings.